The fourth-order valence-electron chi connectivity index (χ4n) is 3.54. The molecule has 1 aliphatic heterocycles. The van der Waals surface area contributed by atoms with Crippen LogP contribution in [0, 0.1) is 17.0 Å². The Hall–Kier alpha value is -4.99. The predicted octanol–water partition coefficient (Wildman–Crippen LogP) is 4.01. The first kappa shape index (κ1) is 24.1. The summed E-state index contributed by atoms with van der Waals surface area (Å²) in [7, 11) is 0. The van der Waals surface area contributed by atoms with Gasteiger partial charge in [0.15, 0.2) is 0 Å². The highest BCUT2D eigenvalue weighted by Crippen LogP contribution is 2.20. The molecule has 10 heteroatoms. The molecule has 1 saturated heterocycles. The molecule has 0 bridgehead atoms. The summed E-state index contributed by atoms with van der Waals surface area (Å²) in [6.07, 6.45) is 1.50. The molecule has 0 atom stereocenters. The zero-order valence-corrected chi connectivity index (χ0v) is 19.3. The van der Waals surface area contributed by atoms with Crippen molar-refractivity contribution in [2.75, 3.05) is 11.9 Å². The number of carbonyl (C=O) groups is 3. The topological polar surface area (TPSA) is 131 Å². The van der Waals surface area contributed by atoms with Crippen molar-refractivity contribution in [3.8, 4) is 5.75 Å². The standard InChI is InChI=1S/C26H22N4O6/c1-17-4-2-6-20(12-17)27-24(31)15-29-25(32)23(28-26(29)33)14-18-8-10-22(11-9-18)36-16-19-5-3-7-21(13-19)30(34)35/h2-14H,15-16H2,1H3,(H,27,31)(H,28,33)/b23-14+. The summed E-state index contributed by atoms with van der Waals surface area (Å²) in [6, 6.07) is 19.4. The van der Waals surface area contributed by atoms with Gasteiger partial charge in [0.1, 0.15) is 24.6 Å². The second-order valence-corrected chi connectivity index (χ2v) is 8.08. The van der Waals surface area contributed by atoms with Crippen molar-refractivity contribution < 1.29 is 24.0 Å². The fourth-order valence-corrected chi connectivity index (χ4v) is 3.54. The molecular formula is C26H22N4O6. The maximum absolute atomic E-state index is 12.7. The molecule has 0 spiro atoms. The number of hydrogen-bond acceptors (Lipinski definition) is 6. The number of aryl methyl sites for hydroxylation is 1. The van der Waals surface area contributed by atoms with Crippen molar-refractivity contribution in [1.29, 1.82) is 0 Å². The summed E-state index contributed by atoms with van der Waals surface area (Å²) < 4.78 is 5.67. The summed E-state index contributed by atoms with van der Waals surface area (Å²) in [5, 5.41) is 16.1. The molecule has 1 heterocycles. The van der Waals surface area contributed by atoms with E-state index in [9.17, 15) is 24.5 Å². The Morgan fingerprint density at radius 1 is 1.08 bits per heavy atom. The van der Waals surface area contributed by atoms with Crippen LogP contribution in [-0.4, -0.2) is 34.2 Å². The van der Waals surface area contributed by atoms with Gasteiger partial charge in [-0.3, -0.25) is 19.7 Å². The van der Waals surface area contributed by atoms with Crippen molar-refractivity contribution in [1.82, 2.24) is 10.2 Å². The number of nitrogens with zero attached hydrogens (tertiary/aromatic N) is 2. The Balaban J connectivity index is 1.35. The number of benzene rings is 3. The van der Waals surface area contributed by atoms with E-state index in [1.54, 1.807) is 54.6 Å². The molecule has 3 aromatic rings. The molecule has 0 unspecified atom stereocenters. The lowest BCUT2D eigenvalue weighted by Crippen LogP contribution is -2.38. The molecule has 3 aromatic carbocycles. The number of nitrogens with one attached hydrogen (secondary N) is 2. The quantitative estimate of drug-likeness (QED) is 0.214. The summed E-state index contributed by atoms with van der Waals surface area (Å²) in [6.45, 7) is 1.62. The predicted molar refractivity (Wildman–Crippen MR) is 132 cm³/mol. The summed E-state index contributed by atoms with van der Waals surface area (Å²) >= 11 is 0. The SMILES string of the molecule is Cc1cccc(NC(=O)CN2C(=O)N/C(=C/c3ccc(OCc4cccc([N+](=O)[O-])c4)cc3)C2=O)c1. The van der Waals surface area contributed by atoms with Crippen molar-refractivity contribution in [2.45, 2.75) is 13.5 Å². The average Bonchev–Trinajstić information content (AvgIpc) is 3.11. The number of non-ortho nitro benzene ring substituents is 1. The Kier molecular flexibility index (Phi) is 7.05. The van der Waals surface area contributed by atoms with E-state index in [1.807, 2.05) is 13.0 Å². The minimum absolute atomic E-state index is 0.0111. The van der Waals surface area contributed by atoms with E-state index in [0.717, 1.165) is 10.5 Å². The molecule has 1 fully saturated rings. The van der Waals surface area contributed by atoms with Crippen molar-refractivity contribution in [2.24, 2.45) is 0 Å². The van der Waals surface area contributed by atoms with Crippen LogP contribution in [0.4, 0.5) is 16.2 Å². The van der Waals surface area contributed by atoms with E-state index in [4.69, 9.17) is 4.74 Å². The Bertz CT molecular complexity index is 1370. The van der Waals surface area contributed by atoms with E-state index in [2.05, 4.69) is 10.6 Å². The monoisotopic (exact) mass is 486 g/mol. The smallest absolute Gasteiger partial charge is 0.329 e. The zero-order chi connectivity index (χ0) is 25.7. The molecule has 36 heavy (non-hydrogen) atoms. The highest BCUT2D eigenvalue weighted by Gasteiger charge is 2.34. The van der Waals surface area contributed by atoms with Crippen LogP contribution >= 0.6 is 0 Å². The number of carbonyl (C=O) groups excluding carboxylic acids is 3. The molecule has 2 N–H and O–H groups in total. The second-order valence-electron chi connectivity index (χ2n) is 8.08. The Morgan fingerprint density at radius 2 is 1.83 bits per heavy atom. The number of rotatable bonds is 8. The van der Waals surface area contributed by atoms with Crippen LogP contribution in [0.15, 0.2) is 78.5 Å². The fraction of sp³-hybridized carbons (Fsp3) is 0.115. The third-order valence-corrected chi connectivity index (χ3v) is 5.28. The molecule has 10 nitrogen and oxygen atoms in total. The number of imide groups is 1. The molecule has 0 saturated carbocycles. The summed E-state index contributed by atoms with van der Waals surface area (Å²) in [5.74, 6) is -0.569. The van der Waals surface area contributed by atoms with Crippen LogP contribution in [0.2, 0.25) is 0 Å². The third kappa shape index (κ3) is 5.92. The van der Waals surface area contributed by atoms with Crippen LogP contribution in [0.1, 0.15) is 16.7 Å². The highest BCUT2D eigenvalue weighted by atomic mass is 16.6. The van der Waals surface area contributed by atoms with Crippen molar-refractivity contribution in [3.63, 3.8) is 0 Å². The summed E-state index contributed by atoms with van der Waals surface area (Å²) in [5.41, 5.74) is 2.87. The van der Waals surface area contributed by atoms with Gasteiger partial charge in [-0.05, 0) is 54.0 Å². The van der Waals surface area contributed by atoms with Crippen LogP contribution in [0.5, 0.6) is 5.75 Å². The number of nitro groups is 1. The highest BCUT2D eigenvalue weighted by molar-refractivity contribution is 6.15. The third-order valence-electron chi connectivity index (χ3n) is 5.28. The lowest BCUT2D eigenvalue weighted by Gasteiger charge is -2.12. The van der Waals surface area contributed by atoms with E-state index in [-0.39, 0.29) is 18.0 Å². The molecule has 1 aliphatic rings. The van der Waals surface area contributed by atoms with Crippen LogP contribution in [0.3, 0.4) is 0 Å². The van der Waals surface area contributed by atoms with Gasteiger partial charge in [-0.15, -0.1) is 0 Å². The van der Waals surface area contributed by atoms with Gasteiger partial charge in [-0.25, -0.2) is 9.69 Å². The second kappa shape index (κ2) is 10.5. The molecule has 0 radical (unpaired) electrons. The van der Waals surface area contributed by atoms with Gasteiger partial charge in [0.25, 0.3) is 11.6 Å². The van der Waals surface area contributed by atoms with Gasteiger partial charge >= 0.3 is 6.03 Å². The van der Waals surface area contributed by atoms with Gasteiger partial charge in [-0.2, -0.15) is 0 Å². The number of hydrogen-bond donors (Lipinski definition) is 2. The minimum Gasteiger partial charge on any atom is -0.489 e. The summed E-state index contributed by atoms with van der Waals surface area (Å²) in [4.78, 5) is 48.6. The molecular weight excluding hydrogens is 464 g/mol. The number of nitro benzene ring substituents is 1. The maximum Gasteiger partial charge on any atom is 0.329 e. The number of urea groups is 1. The molecule has 4 rings (SSSR count). The number of amides is 4. The van der Waals surface area contributed by atoms with Gasteiger partial charge in [0.05, 0.1) is 4.92 Å². The number of anilines is 1. The van der Waals surface area contributed by atoms with Gasteiger partial charge in [0.2, 0.25) is 5.91 Å². The Morgan fingerprint density at radius 3 is 2.56 bits per heavy atom. The first-order chi connectivity index (χ1) is 17.3. The average molecular weight is 486 g/mol. The first-order valence-electron chi connectivity index (χ1n) is 11.0. The molecule has 0 aliphatic carbocycles. The van der Waals surface area contributed by atoms with Crippen LogP contribution < -0.4 is 15.4 Å². The molecule has 0 aromatic heterocycles. The van der Waals surface area contributed by atoms with E-state index in [0.29, 0.717) is 22.6 Å². The van der Waals surface area contributed by atoms with Crippen molar-refractivity contribution >= 4 is 35.3 Å². The zero-order valence-electron chi connectivity index (χ0n) is 19.3. The Labute approximate surface area is 206 Å². The lowest BCUT2D eigenvalue weighted by molar-refractivity contribution is -0.384. The number of ether oxygens (including phenoxy) is 1. The largest absolute Gasteiger partial charge is 0.489 e. The van der Waals surface area contributed by atoms with Crippen molar-refractivity contribution in [3.05, 3.63) is 105 Å². The normalized spacial score (nSPS) is 14.0. The minimum atomic E-state index is -0.678. The van der Waals surface area contributed by atoms with Gasteiger partial charge in [0, 0.05) is 17.8 Å². The van der Waals surface area contributed by atoms with Gasteiger partial charge in [-0.1, -0.05) is 36.4 Å². The van der Waals surface area contributed by atoms with Gasteiger partial charge < -0.3 is 15.4 Å². The van der Waals surface area contributed by atoms with Crippen LogP contribution in [-0.2, 0) is 16.2 Å². The lowest BCUT2D eigenvalue weighted by atomic mass is 10.2. The molecule has 4 amide bonds. The maximum atomic E-state index is 12.7. The first-order valence-corrected chi connectivity index (χ1v) is 11.0. The van der Waals surface area contributed by atoms with E-state index < -0.39 is 29.3 Å². The van der Waals surface area contributed by atoms with E-state index in [1.165, 1.54) is 18.2 Å². The van der Waals surface area contributed by atoms with E-state index >= 15 is 0 Å². The molecule has 182 valence electrons. The van der Waals surface area contributed by atoms with Crippen LogP contribution in [0.25, 0.3) is 6.08 Å².